The number of anilines is 1. The van der Waals surface area contributed by atoms with E-state index in [9.17, 15) is 9.59 Å². The highest BCUT2D eigenvalue weighted by Gasteiger charge is 2.29. The number of rotatable bonds is 4. The number of amides is 1. The summed E-state index contributed by atoms with van der Waals surface area (Å²) in [4.78, 5) is 34.2. The van der Waals surface area contributed by atoms with Crippen molar-refractivity contribution in [2.45, 2.75) is 17.6 Å². The second-order valence-electron chi connectivity index (χ2n) is 6.65. The molecule has 0 spiro atoms. The molecule has 9 heteroatoms. The minimum Gasteiger partial charge on any atom is -0.326 e. The van der Waals surface area contributed by atoms with E-state index in [0.29, 0.717) is 27.6 Å². The molecule has 5 rings (SSSR count). The molecule has 0 saturated heterocycles. The summed E-state index contributed by atoms with van der Waals surface area (Å²) in [6.45, 7) is 0. The van der Waals surface area contributed by atoms with Crippen LogP contribution in [0.3, 0.4) is 0 Å². The summed E-state index contributed by atoms with van der Waals surface area (Å²) in [5.74, 6) is 0.471. The third-order valence-electron chi connectivity index (χ3n) is 4.76. The normalized spacial score (nSPS) is 15.4. The number of fused-ring (bicyclic) bond motifs is 2. The molecular formula is C20H16N6O2S. The van der Waals surface area contributed by atoms with Crippen molar-refractivity contribution in [3.8, 4) is 5.69 Å². The zero-order valence-electron chi connectivity index (χ0n) is 15.2. The fourth-order valence-electron chi connectivity index (χ4n) is 3.40. The quantitative estimate of drug-likeness (QED) is 0.526. The summed E-state index contributed by atoms with van der Waals surface area (Å²) in [6, 6.07) is 12.8. The summed E-state index contributed by atoms with van der Waals surface area (Å²) in [7, 11) is 0. The number of thioether (sulfide) groups is 1. The minimum atomic E-state index is -0.249. The second-order valence-corrected chi connectivity index (χ2v) is 7.64. The van der Waals surface area contributed by atoms with Gasteiger partial charge in [-0.05, 0) is 24.3 Å². The molecule has 4 aromatic rings. The van der Waals surface area contributed by atoms with Crippen molar-refractivity contribution in [1.29, 1.82) is 0 Å². The Kier molecular flexibility index (Phi) is 4.36. The monoisotopic (exact) mass is 404 g/mol. The number of nitrogens with one attached hydrogen (secondary N) is 1. The van der Waals surface area contributed by atoms with Crippen molar-refractivity contribution in [1.82, 2.24) is 24.3 Å². The van der Waals surface area contributed by atoms with Gasteiger partial charge in [0.2, 0.25) is 5.91 Å². The molecule has 4 heterocycles. The van der Waals surface area contributed by atoms with Crippen LogP contribution in [-0.4, -0.2) is 36.0 Å². The largest absolute Gasteiger partial charge is 0.326 e. The lowest BCUT2D eigenvalue weighted by atomic mass is 10.2. The van der Waals surface area contributed by atoms with E-state index in [4.69, 9.17) is 0 Å². The van der Waals surface area contributed by atoms with Crippen LogP contribution in [0.5, 0.6) is 0 Å². The molecule has 0 fully saturated rings. The average molecular weight is 404 g/mol. The van der Waals surface area contributed by atoms with E-state index in [1.165, 1.54) is 11.8 Å². The van der Waals surface area contributed by atoms with E-state index in [-0.39, 0.29) is 23.9 Å². The van der Waals surface area contributed by atoms with Crippen molar-refractivity contribution in [3.63, 3.8) is 0 Å². The summed E-state index contributed by atoms with van der Waals surface area (Å²) in [5.41, 5.74) is 1.89. The first-order valence-corrected chi connectivity index (χ1v) is 10.1. The van der Waals surface area contributed by atoms with Gasteiger partial charge in [0.1, 0.15) is 5.39 Å². The van der Waals surface area contributed by atoms with Gasteiger partial charge in [-0.15, -0.1) is 0 Å². The molecule has 29 heavy (non-hydrogen) atoms. The van der Waals surface area contributed by atoms with Gasteiger partial charge in [0.25, 0.3) is 5.56 Å². The fraction of sp³-hybridized carbons (Fsp3) is 0.150. The fourth-order valence-corrected chi connectivity index (χ4v) is 4.53. The Balaban J connectivity index is 1.46. The van der Waals surface area contributed by atoms with Crippen LogP contribution in [0.4, 0.5) is 5.69 Å². The lowest BCUT2D eigenvalue weighted by Crippen LogP contribution is -2.27. The van der Waals surface area contributed by atoms with E-state index in [0.717, 1.165) is 5.69 Å². The summed E-state index contributed by atoms with van der Waals surface area (Å²) in [6.07, 6.45) is 4.97. The molecule has 0 radical (unpaired) electrons. The number of para-hydroxylation sites is 1. The predicted molar refractivity (Wildman–Crippen MR) is 110 cm³/mol. The predicted octanol–water partition coefficient (Wildman–Crippen LogP) is 2.65. The molecule has 144 valence electrons. The highest BCUT2D eigenvalue weighted by atomic mass is 32.2. The maximum Gasteiger partial charge on any atom is 0.265 e. The molecule has 1 aliphatic rings. The molecule has 1 N–H and O–H groups in total. The Labute approximate surface area is 169 Å². The van der Waals surface area contributed by atoms with Gasteiger partial charge >= 0.3 is 0 Å². The number of hydrogen-bond donors (Lipinski definition) is 1. The first-order valence-electron chi connectivity index (χ1n) is 9.09. The van der Waals surface area contributed by atoms with Crippen LogP contribution in [0.1, 0.15) is 12.5 Å². The maximum absolute atomic E-state index is 13.1. The van der Waals surface area contributed by atoms with Crippen LogP contribution in [-0.2, 0) is 4.79 Å². The molecule has 1 aliphatic heterocycles. The van der Waals surface area contributed by atoms with Gasteiger partial charge in [0.05, 0.1) is 17.9 Å². The number of pyridine rings is 1. The third-order valence-corrected chi connectivity index (χ3v) is 5.85. The van der Waals surface area contributed by atoms with Gasteiger partial charge in [-0.25, -0.2) is 9.67 Å². The Morgan fingerprint density at radius 1 is 1.17 bits per heavy atom. The van der Waals surface area contributed by atoms with Crippen molar-refractivity contribution in [2.75, 3.05) is 11.1 Å². The first kappa shape index (κ1) is 17.6. The molecule has 0 aliphatic carbocycles. The van der Waals surface area contributed by atoms with Crippen LogP contribution in [0.2, 0.25) is 0 Å². The lowest BCUT2D eigenvalue weighted by molar-refractivity contribution is -0.116. The highest BCUT2D eigenvalue weighted by Crippen LogP contribution is 2.33. The zero-order valence-corrected chi connectivity index (χ0v) is 16.0. The van der Waals surface area contributed by atoms with E-state index in [2.05, 4.69) is 20.4 Å². The number of carbonyl (C=O) groups excluding carboxylic acids is 1. The van der Waals surface area contributed by atoms with Crippen LogP contribution < -0.4 is 10.9 Å². The minimum absolute atomic E-state index is 0.151. The highest BCUT2D eigenvalue weighted by molar-refractivity contribution is 7.99. The molecule has 3 aromatic heterocycles. The van der Waals surface area contributed by atoms with Crippen LogP contribution >= 0.6 is 11.8 Å². The van der Waals surface area contributed by atoms with E-state index >= 15 is 0 Å². The van der Waals surface area contributed by atoms with Crippen LogP contribution in [0.25, 0.3) is 16.7 Å². The summed E-state index contributed by atoms with van der Waals surface area (Å²) in [5, 5.41) is 8.25. The smallest absolute Gasteiger partial charge is 0.265 e. The number of hydrogen-bond acceptors (Lipinski definition) is 6. The number of benzene rings is 1. The van der Waals surface area contributed by atoms with Crippen molar-refractivity contribution in [3.05, 3.63) is 71.4 Å². The Morgan fingerprint density at radius 3 is 2.76 bits per heavy atom. The van der Waals surface area contributed by atoms with Crippen molar-refractivity contribution >= 4 is 34.4 Å². The zero-order chi connectivity index (χ0) is 19.8. The molecule has 0 saturated carbocycles. The van der Waals surface area contributed by atoms with Gasteiger partial charge in [0.15, 0.2) is 10.8 Å². The molecule has 1 aromatic carbocycles. The molecule has 0 bridgehead atoms. The maximum atomic E-state index is 13.1. The first-order chi connectivity index (χ1) is 14.2. The Hall–Kier alpha value is -3.46. The second kappa shape index (κ2) is 7.17. The molecule has 8 nitrogen and oxygen atoms in total. The lowest BCUT2D eigenvalue weighted by Gasteiger charge is -2.13. The van der Waals surface area contributed by atoms with Gasteiger partial charge in [-0.1, -0.05) is 30.0 Å². The van der Waals surface area contributed by atoms with E-state index < -0.39 is 0 Å². The van der Waals surface area contributed by atoms with Gasteiger partial charge in [0, 0.05) is 30.3 Å². The molecule has 1 atom stereocenters. The van der Waals surface area contributed by atoms with Gasteiger partial charge < -0.3 is 5.32 Å². The Bertz CT molecular complexity index is 1250. The van der Waals surface area contributed by atoms with Crippen LogP contribution in [0.15, 0.2) is 71.0 Å². The van der Waals surface area contributed by atoms with Crippen molar-refractivity contribution in [2.24, 2.45) is 0 Å². The van der Waals surface area contributed by atoms with E-state index in [1.807, 2.05) is 30.3 Å². The molecule has 1 amide bonds. The average Bonchev–Trinajstić information content (AvgIpc) is 3.34. The molecular weight excluding hydrogens is 388 g/mol. The third kappa shape index (κ3) is 3.19. The summed E-state index contributed by atoms with van der Waals surface area (Å²) < 4.78 is 3.29. The van der Waals surface area contributed by atoms with Gasteiger partial charge in [-0.2, -0.15) is 5.10 Å². The summed E-state index contributed by atoms with van der Waals surface area (Å²) >= 11 is 1.48. The molecule has 0 unspecified atom stereocenters. The Morgan fingerprint density at radius 2 is 1.97 bits per heavy atom. The van der Waals surface area contributed by atoms with Gasteiger partial charge in [-0.3, -0.25) is 19.1 Å². The number of aromatic nitrogens is 5. The SMILES string of the molecule is O=C(C[C@H]1CSc2nc3c(cnn3-c3ccccc3)c(=O)n21)Nc1ccncc1. The van der Waals surface area contributed by atoms with Crippen molar-refractivity contribution < 1.29 is 4.79 Å². The van der Waals surface area contributed by atoms with Crippen LogP contribution in [0, 0.1) is 0 Å². The van der Waals surface area contributed by atoms with E-state index in [1.54, 1.807) is 40.0 Å². The number of carbonyl (C=O) groups is 1. The standard InChI is InChI=1S/C20H16N6O2S/c27-17(23-13-6-8-21-9-7-13)10-15-12-29-20-24-18-16(19(28)25(15)20)11-22-26(18)14-4-2-1-3-5-14/h1-9,11,15H,10,12H2,(H,21,23,27)/t15-/m0/s1. The topological polar surface area (TPSA) is 94.7 Å². The number of nitrogens with zero attached hydrogens (tertiary/aromatic N) is 5.